The van der Waals surface area contributed by atoms with Crippen molar-refractivity contribution in [2.75, 3.05) is 6.54 Å². The fraction of sp³-hybridized carbons (Fsp3) is 0.357. The van der Waals surface area contributed by atoms with Crippen molar-refractivity contribution in [1.82, 2.24) is 15.1 Å². The van der Waals surface area contributed by atoms with E-state index in [0.29, 0.717) is 0 Å². The molecule has 0 aliphatic carbocycles. The van der Waals surface area contributed by atoms with Crippen LogP contribution in [0.1, 0.15) is 31.1 Å². The molecule has 0 radical (unpaired) electrons. The Morgan fingerprint density at radius 3 is 2.58 bits per heavy atom. The average Bonchev–Trinajstić information content (AvgIpc) is 2.78. The van der Waals surface area contributed by atoms with Gasteiger partial charge < -0.3 is 5.32 Å². The number of aryl methyl sites for hydroxylation is 1. The molecule has 102 valence electrons. The highest BCUT2D eigenvalue weighted by atomic mass is 79.9. The maximum atomic E-state index is 5.96. The number of nitrogens with one attached hydrogen (secondary N) is 1. The van der Waals surface area contributed by atoms with Gasteiger partial charge in [0, 0.05) is 11.6 Å². The lowest BCUT2D eigenvalue weighted by Gasteiger charge is -2.20. The zero-order chi connectivity index (χ0) is 13.8. The first-order chi connectivity index (χ1) is 9.17. The Labute approximate surface area is 127 Å². The van der Waals surface area contributed by atoms with E-state index in [-0.39, 0.29) is 6.04 Å². The Hall–Kier alpha value is -0.840. The second kappa shape index (κ2) is 6.55. The minimum Gasteiger partial charge on any atom is -0.305 e. The van der Waals surface area contributed by atoms with Gasteiger partial charge in [-0.3, -0.25) is 4.68 Å². The van der Waals surface area contributed by atoms with E-state index in [1.165, 1.54) is 5.56 Å². The molecule has 0 aliphatic heterocycles. The Morgan fingerprint density at radius 2 is 2.00 bits per heavy atom. The molecule has 2 aromatic rings. The van der Waals surface area contributed by atoms with Crippen LogP contribution in [0.5, 0.6) is 0 Å². The summed E-state index contributed by atoms with van der Waals surface area (Å²) >= 11 is 9.55. The van der Waals surface area contributed by atoms with Crippen LogP contribution in [0.2, 0.25) is 5.02 Å². The molecule has 1 aromatic carbocycles. The summed E-state index contributed by atoms with van der Waals surface area (Å²) < 4.78 is 3.03. The van der Waals surface area contributed by atoms with Crippen LogP contribution in [0.3, 0.4) is 0 Å². The fourth-order valence-electron chi connectivity index (χ4n) is 2.14. The molecule has 1 atom stereocenters. The molecule has 2 rings (SSSR count). The van der Waals surface area contributed by atoms with Gasteiger partial charge >= 0.3 is 0 Å². The molecule has 0 spiro atoms. The molecule has 0 fully saturated rings. The second-order valence-electron chi connectivity index (χ2n) is 4.24. The number of rotatable bonds is 5. The van der Waals surface area contributed by atoms with E-state index in [1.54, 1.807) is 0 Å². The van der Waals surface area contributed by atoms with Gasteiger partial charge in [0.1, 0.15) is 0 Å². The van der Waals surface area contributed by atoms with Gasteiger partial charge in [0.05, 0.1) is 22.4 Å². The van der Waals surface area contributed by atoms with E-state index >= 15 is 0 Å². The third kappa shape index (κ3) is 3.19. The second-order valence-corrected chi connectivity index (χ2v) is 5.53. The van der Waals surface area contributed by atoms with E-state index in [9.17, 15) is 0 Å². The van der Waals surface area contributed by atoms with Crippen LogP contribution in [-0.4, -0.2) is 16.3 Å². The lowest BCUT2D eigenvalue weighted by molar-refractivity contribution is 0.541. The quantitative estimate of drug-likeness (QED) is 0.889. The molecule has 1 N–H and O–H groups in total. The Bertz CT molecular complexity index is 536. The zero-order valence-electron chi connectivity index (χ0n) is 11.0. The van der Waals surface area contributed by atoms with Gasteiger partial charge in [-0.05, 0) is 47.1 Å². The highest BCUT2D eigenvalue weighted by Gasteiger charge is 2.20. The summed E-state index contributed by atoms with van der Waals surface area (Å²) in [5.41, 5.74) is 2.33. The minimum absolute atomic E-state index is 0.110. The van der Waals surface area contributed by atoms with Crippen molar-refractivity contribution in [3.63, 3.8) is 0 Å². The summed E-state index contributed by atoms with van der Waals surface area (Å²) in [5.74, 6) is 0. The van der Waals surface area contributed by atoms with E-state index in [2.05, 4.69) is 52.3 Å². The average molecular weight is 343 g/mol. The van der Waals surface area contributed by atoms with Crippen LogP contribution in [0.25, 0.3) is 0 Å². The first-order valence-corrected chi connectivity index (χ1v) is 7.54. The van der Waals surface area contributed by atoms with E-state index in [1.807, 2.05) is 23.0 Å². The van der Waals surface area contributed by atoms with Crippen molar-refractivity contribution in [2.24, 2.45) is 0 Å². The van der Waals surface area contributed by atoms with Gasteiger partial charge in [-0.1, -0.05) is 30.7 Å². The van der Waals surface area contributed by atoms with Crippen molar-refractivity contribution in [3.8, 4) is 0 Å². The topological polar surface area (TPSA) is 29.9 Å². The molecule has 0 amide bonds. The number of aromatic nitrogens is 2. The van der Waals surface area contributed by atoms with Crippen LogP contribution in [-0.2, 0) is 6.54 Å². The van der Waals surface area contributed by atoms with Gasteiger partial charge in [-0.2, -0.15) is 5.10 Å². The molecule has 19 heavy (non-hydrogen) atoms. The van der Waals surface area contributed by atoms with Gasteiger partial charge in [-0.15, -0.1) is 0 Å². The van der Waals surface area contributed by atoms with E-state index in [4.69, 9.17) is 11.6 Å². The molecule has 3 nitrogen and oxygen atoms in total. The molecule has 1 unspecified atom stereocenters. The maximum absolute atomic E-state index is 5.96. The SMILES string of the molecule is CCNC(c1ccc(Cl)cc1)c1c(Br)cnn1CC. The summed E-state index contributed by atoms with van der Waals surface area (Å²) in [5, 5.41) is 8.64. The highest BCUT2D eigenvalue weighted by molar-refractivity contribution is 9.10. The van der Waals surface area contributed by atoms with Crippen molar-refractivity contribution in [1.29, 1.82) is 0 Å². The van der Waals surface area contributed by atoms with Crippen LogP contribution in [0.15, 0.2) is 34.9 Å². The van der Waals surface area contributed by atoms with Crippen molar-refractivity contribution in [3.05, 3.63) is 51.2 Å². The number of hydrogen-bond donors (Lipinski definition) is 1. The first-order valence-electron chi connectivity index (χ1n) is 6.37. The maximum Gasteiger partial charge on any atom is 0.0759 e. The molecule has 0 saturated carbocycles. The lowest BCUT2D eigenvalue weighted by Crippen LogP contribution is -2.25. The predicted octanol–water partition coefficient (Wildman–Crippen LogP) is 4.02. The molecule has 0 saturated heterocycles. The summed E-state index contributed by atoms with van der Waals surface area (Å²) in [7, 11) is 0. The van der Waals surface area contributed by atoms with Crippen molar-refractivity contribution in [2.45, 2.75) is 26.4 Å². The van der Waals surface area contributed by atoms with E-state index < -0.39 is 0 Å². The number of halogens is 2. The minimum atomic E-state index is 0.110. The Kier molecular flexibility index (Phi) is 5.02. The van der Waals surface area contributed by atoms with Crippen LogP contribution < -0.4 is 5.32 Å². The van der Waals surface area contributed by atoms with Crippen LogP contribution in [0, 0.1) is 0 Å². The van der Waals surface area contributed by atoms with Crippen LogP contribution in [0.4, 0.5) is 0 Å². The predicted molar refractivity (Wildman–Crippen MR) is 82.6 cm³/mol. The molecule has 0 aliphatic rings. The molecule has 1 heterocycles. The monoisotopic (exact) mass is 341 g/mol. The third-order valence-corrected chi connectivity index (χ3v) is 3.88. The largest absolute Gasteiger partial charge is 0.305 e. The lowest BCUT2D eigenvalue weighted by atomic mass is 10.0. The van der Waals surface area contributed by atoms with Crippen LogP contribution >= 0.6 is 27.5 Å². The fourth-order valence-corrected chi connectivity index (χ4v) is 2.79. The molecule has 1 aromatic heterocycles. The summed E-state index contributed by atoms with van der Waals surface area (Å²) in [6.45, 7) is 5.92. The summed E-state index contributed by atoms with van der Waals surface area (Å²) in [4.78, 5) is 0. The summed E-state index contributed by atoms with van der Waals surface area (Å²) in [6, 6.07) is 8.05. The highest BCUT2D eigenvalue weighted by Crippen LogP contribution is 2.29. The van der Waals surface area contributed by atoms with Gasteiger partial charge in [0.25, 0.3) is 0 Å². The normalized spacial score (nSPS) is 12.6. The number of benzene rings is 1. The Morgan fingerprint density at radius 1 is 1.32 bits per heavy atom. The third-order valence-electron chi connectivity index (χ3n) is 3.02. The smallest absolute Gasteiger partial charge is 0.0759 e. The van der Waals surface area contributed by atoms with E-state index in [0.717, 1.165) is 28.3 Å². The van der Waals surface area contributed by atoms with Gasteiger partial charge in [0.15, 0.2) is 0 Å². The standard InChI is InChI=1S/C14H17BrClN3/c1-3-17-13(10-5-7-11(16)8-6-10)14-12(15)9-18-19(14)4-2/h5-9,13,17H,3-4H2,1-2H3. The molecular weight excluding hydrogens is 326 g/mol. The molecule has 5 heteroatoms. The summed E-state index contributed by atoms with van der Waals surface area (Å²) in [6.07, 6.45) is 1.85. The Balaban J connectivity index is 2.44. The molecular formula is C14H17BrClN3. The van der Waals surface area contributed by atoms with Gasteiger partial charge in [0.2, 0.25) is 0 Å². The molecule has 0 bridgehead atoms. The number of hydrogen-bond acceptors (Lipinski definition) is 2. The van der Waals surface area contributed by atoms with Crippen molar-refractivity contribution < 1.29 is 0 Å². The van der Waals surface area contributed by atoms with Gasteiger partial charge in [-0.25, -0.2) is 0 Å². The number of nitrogens with zero attached hydrogens (tertiary/aromatic N) is 2. The first kappa shape index (κ1) is 14.6. The zero-order valence-corrected chi connectivity index (χ0v) is 13.4. The van der Waals surface area contributed by atoms with Crippen molar-refractivity contribution >= 4 is 27.5 Å².